The van der Waals surface area contributed by atoms with E-state index in [4.69, 9.17) is 0 Å². The summed E-state index contributed by atoms with van der Waals surface area (Å²) in [5, 5.41) is 1.03. The highest BCUT2D eigenvalue weighted by Crippen LogP contribution is 2.42. The summed E-state index contributed by atoms with van der Waals surface area (Å²) in [6.07, 6.45) is -2.64. The number of nitrogens with zero attached hydrogens (tertiary/aromatic N) is 1. The molecule has 0 radical (unpaired) electrons. The van der Waals surface area contributed by atoms with Gasteiger partial charge < -0.3 is 0 Å². The van der Waals surface area contributed by atoms with Crippen LogP contribution in [0.1, 0.15) is 50.8 Å². The number of hydrogen-bond donors (Lipinski definition) is 1. The van der Waals surface area contributed by atoms with E-state index >= 15 is 0 Å². The van der Waals surface area contributed by atoms with Crippen LogP contribution in [0, 0.1) is 0 Å². The van der Waals surface area contributed by atoms with Crippen molar-refractivity contribution >= 4 is 5.91 Å². The summed E-state index contributed by atoms with van der Waals surface area (Å²) in [5.41, 5.74) is 2.63. The molecule has 0 unspecified atom stereocenters. The second kappa shape index (κ2) is 5.91. The van der Waals surface area contributed by atoms with Gasteiger partial charge in [0, 0.05) is 12.0 Å². The molecule has 1 N–H and O–H groups in total. The number of carbonyl (C=O) groups excluding carboxylic acids is 1. The van der Waals surface area contributed by atoms with Crippen LogP contribution in [0.2, 0.25) is 0 Å². The van der Waals surface area contributed by atoms with Crippen molar-refractivity contribution in [3.05, 3.63) is 35.4 Å². The molecule has 1 saturated heterocycles. The Morgan fingerprint density at radius 3 is 2.27 bits per heavy atom. The average Bonchev–Trinajstić information content (AvgIpc) is 2.64. The van der Waals surface area contributed by atoms with Crippen LogP contribution in [0.5, 0.6) is 0 Å². The summed E-state index contributed by atoms with van der Waals surface area (Å²) < 4.78 is 40.8. The van der Waals surface area contributed by atoms with E-state index in [2.05, 4.69) is 5.43 Å². The highest BCUT2D eigenvalue weighted by atomic mass is 19.4. The molecule has 1 aliphatic heterocycles. The predicted octanol–water partition coefficient (Wildman–Crippen LogP) is 3.76. The molecule has 0 aromatic heterocycles. The van der Waals surface area contributed by atoms with Crippen molar-refractivity contribution < 1.29 is 18.0 Å². The predicted molar refractivity (Wildman–Crippen MR) is 77.9 cm³/mol. The molecule has 0 bridgehead atoms. The second-order valence-electron chi connectivity index (χ2n) is 6.33. The third-order valence-electron chi connectivity index (χ3n) is 3.89. The Morgan fingerprint density at radius 1 is 1.27 bits per heavy atom. The van der Waals surface area contributed by atoms with Crippen molar-refractivity contribution in [1.29, 1.82) is 0 Å². The van der Waals surface area contributed by atoms with Crippen LogP contribution < -0.4 is 5.43 Å². The maximum atomic E-state index is 13.6. The lowest BCUT2D eigenvalue weighted by atomic mass is 9.96. The first kappa shape index (κ1) is 16.8. The van der Waals surface area contributed by atoms with Gasteiger partial charge in [-0.3, -0.25) is 10.2 Å². The zero-order valence-electron chi connectivity index (χ0n) is 13.0. The number of rotatable bonds is 4. The molecule has 122 valence electrons. The van der Waals surface area contributed by atoms with Crippen molar-refractivity contribution in [1.82, 2.24) is 10.4 Å². The number of aryl methyl sites for hydroxylation is 1. The van der Waals surface area contributed by atoms with Gasteiger partial charge in [-0.05, 0) is 31.4 Å². The fourth-order valence-corrected chi connectivity index (χ4v) is 2.86. The van der Waals surface area contributed by atoms with Gasteiger partial charge in [-0.15, -0.1) is 0 Å². The number of alkyl halides is 3. The quantitative estimate of drug-likeness (QED) is 0.918. The average molecular weight is 314 g/mol. The van der Waals surface area contributed by atoms with Crippen LogP contribution in [0.25, 0.3) is 0 Å². The third-order valence-corrected chi connectivity index (χ3v) is 3.89. The van der Waals surface area contributed by atoms with Crippen LogP contribution in [0.3, 0.4) is 0 Å². The molecule has 2 rings (SSSR count). The zero-order chi connectivity index (χ0) is 16.5. The molecule has 0 saturated carbocycles. The summed E-state index contributed by atoms with van der Waals surface area (Å²) in [5.74, 6) is -0.387. The van der Waals surface area contributed by atoms with Crippen LogP contribution >= 0.6 is 0 Å². The molecule has 1 aromatic carbocycles. The molecule has 22 heavy (non-hydrogen) atoms. The highest BCUT2D eigenvalue weighted by Gasteiger charge is 2.52. The lowest BCUT2D eigenvalue weighted by molar-refractivity contribution is -0.203. The van der Waals surface area contributed by atoms with Gasteiger partial charge in [-0.1, -0.05) is 37.6 Å². The topological polar surface area (TPSA) is 32.3 Å². The van der Waals surface area contributed by atoms with Gasteiger partial charge in [0.15, 0.2) is 6.04 Å². The maximum absolute atomic E-state index is 13.6. The molecule has 0 spiro atoms. The molecule has 1 heterocycles. The van der Waals surface area contributed by atoms with Crippen molar-refractivity contribution in [3.8, 4) is 0 Å². The molecule has 1 aromatic rings. The summed E-state index contributed by atoms with van der Waals surface area (Å²) in [4.78, 5) is 11.6. The minimum absolute atomic E-state index is 0.0491. The molecular weight excluding hydrogens is 293 g/mol. The van der Waals surface area contributed by atoms with Crippen LogP contribution in [0.4, 0.5) is 13.2 Å². The number of hydrazine groups is 1. The summed E-state index contributed by atoms with van der Waals surface area (Å²) >= 11 is 0. The van der Waals surface area contributed by atoms with E-state index in [0.717, 1.165) is 23.4 Å². The number of amides is 1. The van der Waals surface area contributed by atoms with Gasteiger partial charge >= 0.3 is 6.18 Å². The Hall–Kier alpha value is -1.56. The lowest BCUT2D eigenvalue weighted by Crippen LogP contribution is -2.51. The molecule has 1 aliphatic rings. The van der Waals surface area contributed by atoms with E-state index in [0.29, 0.717) is 0 Å². The Morgan fingerprint density at radius 2 is 1.86 bits per heavy atom. The standard InChI is InChI=1S/C16H21F3N2O/c1-4-5-11-6-8-12(9-7-11)14(16(17,18)19)21-15(2,3)10-13(22)20-21/h6-9,14H,4-5,10H2,1-3H3,(H,20,22)/t14-/m0/s1. The number of halogens is 3. The first-order chi connectivity index (χ1) is 10.1. The Balaban J connectivity index is 2.37. The lowest BCUT2D eigenvalue weighted by Gasteiger charge is -2.38. The van der Waals surface area contributed by atoms with Gasteiger partial charge in [0.05, 0.1) is 0 Å². The molecule has 0 aliphatic carbocycles. The molecule has 6 heteroatoms. The SMILES string of the molecule is CCCc1ccc([C@H](N2NC(=O)CC2(C)C)C(F)(F)F)cc1. The fourth-order valence-electron chi connectivity index (χ4n) is 2.86. The van der Waals surface area contributed by atoms with Crippen LogP contribution in [-0.4, -0.2) is 22.6 Å². The fraction of sp³-hybridized carbons (Fsp3) is 0.562. The number of nitrogens with one attached hydrogen (secondary N) is 1. The van der Waals surface area contributed by atoms with Crippen molar-refractivity contribution in [3.63, 3.8) is 0 Å². The van der Waals surface area contributed by atoms with Crippen LogP contribution in [-0.2, 0) is 11.2 Å². The number of hydrogen-bond acceptors (Lipinski definition) is 2. The van der Waals surface area contributed by atoms with E-state index in [-0.39, 0.29) is 17.9 Å². The van der Waals surface area contributed by atoms with E-state index in [1.165, 1.54) is 12.1 Å². The normalized spacial score (nSPS) is 20.0. The Bertz CT molecular complexity index is 537. The summed E-state index contributed by atoms with van der Waals surface area (Å²) in [6, 6.07) is 4.61. The second-order valence-corrected chi connectivity index (χ2v) is 6.33. The minimum Gasteiger partial charge on any atom is -0.287 e. The van der Waals surface area contributed by atoms with E-state index < -0.39 is 17.8 Å². The molecular formula is C16H21F3N2O. The van der Waals surface area contributed by atoms with Crippen molar-refractivity contribution in [2.45, 2.75) is 57.8 Å². The monoisotopic (exact) mass is 314 g/mol. The third kappa shape index (κ3) is 3.43. The molecule has 1 amide bonds. The van der Waals surface area contributed by atoms with Gasteiger partial charge in [-0.2, -0.15) is 18.2 Å². The molecule has 1 atom stereocenters. The van der Waals surface area contributed by atoms with Gasteiger partial charge in [0.2, 0.25) is 5.91 Å². The Labute approximate surface area is 128 Å². The highest BCUT2D eigenvalue weighted by molar-refractivity contribution is 5.79. The maximum Gasteiger partial charge on any atom is 0.409 e. The van der Waals surface area contributed by atoms with E-state index in [1.54, 1.807) is 26.0 Å². The van der Waals surface area contributed by atoms with Gasteiger partial charge in [0.1, 0.15) is 0 Å². The summed E-state index contributed by atoms with van der Waals surface area (Å²) in [6.45, 7) is 5.29. The van der Waals surface area contributed by atoms with Crippen molar-refractivity contribution in [2.24, 2.45) is 0 Å². The molecule has 3 nitrogen and oxygen atoms in total. The first-order valence-corrected chi connectivity index (χ1v) is 7.39. The van der Waals surface area contributed by atoms with Gasteiger partial charge in [-0.25, -0.2) is 0 Å². The van der Waals surface area contributed by atoms with E-state index in [1.807, 2.05) is 6.92 Å². The zero-order valence-corrected chi connectivity index (χ0v) is 13.0. The summed E-state index contributed by atoms with van der Waals surface area (Å²) in [7, 11) is 0. The van der Waals surface area contributed by atoms with Crippen molar-refractivity contribution in [2.75, 3.05) is 0 Å². The largest absolute Gasteiger partial charge is 0.409 e. The Kier molecular flexibility index (Phi) is 4.52. The number of carbonyl (C=O) groups is 1. The smallest absolute Gasteiger partial charge is 0.287 e. The van der Waals surface area contributed by atoms with E-state index in [9.17, 15) is 18.0 Å². The van der Waals surface area contributed by atoms with Crippen LogP contribution in [0.15, 0.2) is 24.3 Å². The van der Waals surface area contributed by atoms with Gasteiger partial charge in [0.25, 0.3) is 0 Å². The first-order valence-electron chi connectivity index (χ1n) is 7.39. The minimum atomic E-state index is -4.47. The number of benzene rings is 1. The molecule has 1 fully saturated rings.